The molecule has 2 amide bonds. The van der Waals surface area contributed by atoms with Gasteiger partial charge in [-0.1, -0.05) is 42.0 Å². The number of likely N-dealkylation sites (tertiary alicyclic amines) is 1. The van der Waals surface area contributed by atoms with Crippen molar-refractivity contribution in [2.75, 3.05) is 13.1 Å². The minimum absolute atomic E-state index is 0.0194. The highest BCUT2D eigenvalue weighted by molar-refractivity contribution is 7.18. The molecule has 1 fully saturated rings. The first-order valence-corrected chi connectivity index (χ1v) is 10.9. The SMILES string of the molecule is Cc1ccc(CN2CC(C(=O)NCCCc3nc4ccccc4s3)CC2=O)cc1. The Balaban J connectivity index is 1.22. The third kappa shape index (κ3) is 4.82. The molecule has 1 aromatic heterocycles. The summed E-state index contributed by atoms with van der Waals surface area (Å²) in [6.45, 7) is 3.72. The number of aryl methyl sites for hydroxylation is 2. The van der Waals surface area contributed by atoms with Gasteiger partial charge in [-0.05, 0) is 31.0 Å². The number of benzene rings is 2. The lowest BCUT2D eigenvalue weighted by atomic mass is 10.1. The number of fused-ring (bicyclic) bond motifs is 1. The second-order valence-electron chi connectivity index (χ2n) is 7.63. The van der Waals surface area contributed by atoms with E-state index in [1.807, 2.05) is 49.4 Å². The Morgan fingerprint density at radius 3 is 2.79 bits per heavy atom. The van der Waals surface area contributed by atoms with E-state index in [1.165, 1.54) is 10.3 Å². The average molecular weight is 408 g/mol. The molecule has 1 saturated heterocycles. The van der Waals surface area contributed by atoms with Crippen LogP contribution in [0.2, 0.25) is 0 Å². The van der Waals surface area contributed by atoms with Crippen molar-refractivity contribution >= 4 is 33.4 Å². The summed E-state index contributed by atoms with van der Waals surface area (Å²) in [5.74, 6) is -0.218. The predicted molar refractivity (Wildman–Crippen MR) is 116 cm³/mol. The van der Waals surface area contributed by atoms with Crippen molar-refractivity contribution in [2.45, 2.75) is 32.7 Å². The largest absolute Gasteiger partial charge is 0.356 e. The van der Waals surface area contributed by atoms with Gasteiger partial charge in [-0.3, -0.25) is 9.59 Å². The summed E-state index contributed by atoms with van der Waals surface area (Å²) < 4.78 is 1.20. The van der Waals surface area contributed by atoms with Crippen molar-refractivity contribution in [1.29, 1.82) is 0 Å². The lowest BCUT2D eigenvalue weighted by Crippen LogP contribution is -2.33. The Hall–Kier alpha value is -2.73. The van der Waals surface area contributed by atoms with Gasteiger partial charge in [0.05, 0.1) is 21.1 Å². The van der Waals surface area contributed by atoms with Crippen molar-refractivity contribution in [1.82, 2.24) is 15.2 Å². The molecule has 1 aliphatic heterocycles. The van der Waals surface area contributed by atoms with Crippen LogP contribution in [0.1, 0.15) is 29.0 Å². The molecule has 0 saturated carbocycles. The fourth-order valence-corrected chi connectivity index (χ4v) is 4.65. The summed E-state index contributed by atoms with van der Waals surface area (Å²) in [6.07, 6.45) is 2.00. The zero-order valence-electron chi connectivity index (χ0n) is 16.6. The second-order valence-corrected chi connectivity index (χ2v) is 8.75. The number of para-hydroxylation sites is 1. The number of amides is 2. The molecule has 2 heterocycles. The second kappa shape index (κ2) is 8.74. The molecule has 1 atom stereocenters. The van der Waals surface area contributed by atoms with E-state index >= 15 is 0 Å². The van der Waals surface area contributed by atoms with Gasteiger partial charge in [0.15, 0.2) is 0 Å². The van der Waals surface area contributed by atoms with Crippen LogP contribution in [0, 0.1) is 12.8 Å². The van der Waals surface area contributed by atoms with Crippen LogP contribution in [0.3, 0.4) is 0 Å². The highest BCUT2D eigenvalue weighted by Crippen LogP contribution is 2.23. The van der Waals surface area contributed by atoms with Crippen molar-refractivity contribution in [3.05, 3.63) is 64.7 Å². The highest BCUT2D eigenvalue weighted by atomic mass is 32.1. The number of hydrogen-bond donors (Lipinski definition) is 1. The van der Waals surface area contributed by atoms with Gasteiger partial charge in [0.25, 0.3) is 0 Å². The standard InChI is InChI=1S/C23H25N3O2S/c1-16-8-10-17(11-9-16)14-26-15-18(13-22(26)27)23(28)24-12-4-7-21-25-19-5-2-3-6-20(19)29-21/h2-3,5-6,8-11,18H,4,7,12-15H2,1H3,(H,24,28). The topological polar surface area (TPSA) is 62.3 Å². The summed E-state index contributed by atoms with van der Waals surface area (Å²) in [5, 5.41) is 4.10. The van der Waals surface area contributed by atoms with Crippen molar-refractivity contribution in [3.8, 4) is 0 Å². The van der Waals surface area contributed by atoms with Gasteiger partial charge >= 0.3 is 0 Å². The van der Waals surface area contributed by atoms with Crippen LogP contribution >= 0.6 is 11.3 Å². The zero-order valence-corrected chi connectivity index (χ0v) is 17.4. The van der Waals surface area contributed by atoms with Crippen LogP contribution in [0.5, 0.6) is 0 Å². The Labute approximate surface area is 174 Å². The van der Waals surface area contributed by atoms with Gasteiger partial charge in [-0.25, -0.2) is 4.98 Å². The molecule has 4 rings (SSSR count). The van der Waals surface area contributed by atoms with Gasteiger partial charge in [-0.15, -0.1) is 11.3 Å². The van der Waals surface area contributed by atoms with E-state index in [0.29, 0.717) is 26.1 Å². The number of rotatable bonds is 7. The molecule has 2 aromatic carbocycles. The molecular weight excluding hydrogens is 382 g/mol. The van der Waals surface area contributed by atoms with Crippen molar-refractivity contribution in [2.24, 2.45) is 5.92 Å². The highest BCUT2D eigenvalue weighted by Gasteiger charge is 2.33. The van der Waals surface area contributed by atoms with Crippen LogP contribution < -0.4 is 5.32 Å². The Kier molecular flexibility index (Phi) is 5.90. The molecule has 1 N–H and O–H groups in total. The maximum absolute atomic E-state index is 12.5. The number of nitrogens with one attached hydrogen (secondary N) is 1. The lowest BCUT2D eigenvalue weighted by molar-refractivity contribution is -0.129. The predicted octanol–water partition coefficient (Wildman–Crippen LogP) is 3.70. The van der Waals surface area contributed by atoms with Crippen LogP contribution in [0.4, 0.5) is 0 Å². The Morgan fingerprint density at radius 1 is 1.21 bits per heavy atom. The molecule has 3 aromatic rings. The molecule has 5 nitrogen and oxygen atoms in total. The number of aromatic nitrogens is 1. The quantitative estimate of drug-likeness (QED) is 0.608. The fraction of sp³-hybridized carbons (Fsp3) is 0.348. The van der Waals surface area contributed by atoms with Crippen molar-refractivity contribution in [3.63, 3.8) is 0 Å². The van der Waals surface area contributed by atoms with E-state index in [4.69, 9.17) is 0 Å². The van der Waals surface area contributed by atoms with Gasteiger partial charge < -0.3 is 10.2 Å². The van der Waals surface area contributed by atoms with Gasteiger partial charge in [0.2, 0.25) is 11.8 Å². The van der Waals surface area contributed by atoms with Crippen LogP contribution in [0.25, 0.3) is 10.2 Å². The van der Waals surface area contributed by atoms with Gasteiger partial charge in [-0.2, -0.15) is 0 Å². The summed E-state index contributed by atoms with van der Waals surface area (Å²) in [6, 6.07) is 16.3. The molecule has 0 bridgehead atoms. The normalized spacial score (nSPS) is 16.5. The number of thiazole rings is 1. The van der Waals surface area contributed by atoms with E-state index in [9.17, 15) is 9.59 Å². The summed E-state index contributed by atoms with van der Waals surface area (Å²) in [5.41, 5.74) is 3.33. The van der Waals surface area contributed by atoms with Crippen LogP contribution in [0.15, 0.2) is 48.5 Å². The van der Waals surface area contributed by atoms with E-state index in [1.54, 1.807) is 16.2 Å². The molecule has 0 spiro atoms. The molecule has 0 aliphatic carbocycles. The number of hydrogen-bond acceptors (Lipinski definition) is 4. The number of carbonyl (C=O) groups excluding carboxylic acids is 2. The van der Waals surface area contributed by atoms with Crippen molar-refractivity contribution < 1.29 is 9.59 Å². The molecule has 29 heavy (non-hydrogen) atoms. The van der Waals surface area contributed by atoms with E-state index < -0.39 is 0 Å². The third-order valence-electron chi connectivity index (χ3n) is 5.28. The van der Waals surface area contributed by atoms with Crippen LogP contribution in [-0.4, -0.2) is 34.8 Å². The maximum Gasteiger partial charge on any atom is 0.225 e. The monoisotopic (exact) mass is 407 g/mol. The minimum atomic E-state index is -0.254. The van der Waals surface area contributed by atoms with Gasteiger partial charge in [0.1, 0.15) is 0 Å². The van der Waals surface area contributed by atoms with E-state index in [-0.39, 0.29) is 17.7 Å². The molecule has 150 valence electrons. The van der Waals surface area contributed by atoms with E-state index in [2.05, 4.69) is 16.4 Å². The summed E-state index contributed by atoms with van der Waals surface area (Å²) in [7, 11) is 0. The van der Waals surface area contributed by atoms with Crippen LogP contribution in [-0.2, 0) is 22.6 Å². The number of nitrogens with zero attached hydrogens (tertiary/aromatic N) is 2. The molecule has 6 heteroatoms. The Bertz CT molecular complexity index is 979. The maximum atomic E-state index is 12.5. The van der Waals surface area contributed by atoms with E-state index in [0.717, 1.165) is 28.9 Å². The summed E-state index contributed by atoms with van der Waals surface area (Å²) in [4.78, 5) is 31.2. The smallest absolute Gasteiger partial charge is 0.225 e. The molecule has 0 radical (unpaired) electrons. The first kappa shape index (κ1) is 19.6. The minimum Gasteiger partial charge on any atom is -0.356 e. The first-order valence-electron chi connectivity index (χ1n) is 10.0. The zero-order chi connectivity index (χ0) is 20.2. The fourth-order valence-electron chi connectivity index (χ4n) is 3.64. The molecular formula is C23H25N3O2S. The third-order valence-corrected chi connectivity index (χ3v) is 6.38. The average Bonchev–Trinajstić information content (AvgIpc) is 3.30. The summed E-state index contributed by atoms with van der Waals surface area (Å²) >= 11 is 1.71. The molecule has 1 aliphatic rings. The lowest BCUT2D eigenvalue weighted by Gasteiger charge is -2.17. The van der Waals surface area contributed by atoms with Gasteiger partial charge in [0, 0.05) is 32.5 Å². The Morgan fingerprint density at radius 2 is 2.00 bits per heavy atom. The molecule has 1 unspecified atom stereocenters. The first-order chi connectivity index (χ1) is 14.1. The number of carbonyl (C=O) groups is 2.